The Bertz CT molecular complexity index is 94.6. The fourth-order valence-electron chi connectivity index (χ4n) is 0.386. The second kappa shape index (κ2) is 4.82. The fraction of sp³-hybridized carbons (Fsp3) is 1.00. The van der Waals surface area contributed by atoms with E-state index in [1.165, 1.54) is 6.92 Å². The van der Waals surface area contributed by atoms with Crippen molar-refractivity contribution in [3.05, 3.63) is 0 Å². The van der Waals surface area contributed by atoms with Crippen LogP contribution >= 0.6 is 8.25 Å². The summed E-state index contributed by atoms with van der Waals surface area (Å²) >= 11 is 0. The molecule has 0 heterocycles. The Labute approximate surface area is 54.7 Å². The van der Waals surface area contributed by atoms with Gasteiger partial charge in [0.05, 0.1) is 0 Å². The molecule has 2 atom stereocenters. The summed E-state index contributed by atoms with van der Waals surface area (Å²) in [6.07, 6.45) is -0.656. The van der Waals surface area contributed by atoms with Crippen molar-refractivity contribution < 1.29 is 18.7 Å². The minimum absolute atomic E-state index is 0.449. The minimum atomic E-state index is -2.78. The SMILES string of the molecule is CCOC(C)O[P+](=O)[O-]. The number of hydrogen-bond acceptors (Lipinski definition) is 4. The van der Waals surface area contributed by atoms with Gasteiger partial charge >= 0.3 is 8.25 Å². The van der Waals surface area contributed by atoms with E-state index < -0.39 is 14.5 Å². The van der Waals surface area contributed by atoms with E-state index in [0.717, 1.165) is 0 Å². The zero-order chi connectivity index (χ0) is 7.28. The first-order valence-electron chi connectivity index (χ1n) is 2.59. The first-order chi connectivity index (χ1) is 4.16. The average Bonchev–Trinajstić information content (AvgIpc) is 1.63. The molecule has 0 saturated carbocycles. The lowest BCUT2D eigenvalue weighted by Crippen LogP contribution is -2.10. The van der Waals surface area contributed by atoms with Crippen molar-refractivity contribution >= 4 is 8.25 Å². The Morgan fingerprint density at radius 1 is 1.78 bits per heavy atom. The van der Waals surface area contributed by atoms with Crippen LogP contribution in [-0.4, -0.2) is 12.9 Å². The van der Waals surface area contributed by atoms with Crippen LogP contribution in [0, 0.1) is 0 Å². The molecular weight excluding hydrogens is 143 g/mol. The maximum Gasteiger partial charge on any atom is 0.491 e. The lowest BCUT2D eigenvalue weighted by Gasteiger charge is -2.03. The van der Waals surface area contributed by atoms with E-state index in [9.17, 15) is 9.46 Å². The van der Waals surface area contributed by atoms with Crippen LogP contribution in [0.4, 0.5) is 0 Å². The highest BCUT2D eigenvalue weighted by Gasteiger charge is 2.09. The van der Waals surface area contributed by atoms with E-state index in [0.29, 0.717) is 6.61 Å². The number of rotatable bonds is 4. The van der Waals surface area contributed by atoms with Gasteiger partial charge in [0.2, 0.25) is 6.29 Å². The second-order valence-electron chi connectivity index (χ2n) is 1.35. The first-order valence-corrected chi connectivity index (χ1v) is 3.69. The molecule has 0 radical (unpaired) electrons. The van der Waals surface area contributed by atoms with Gasteiger partial charge in [0.15, 0.2) is 0 Å². The molecule has 0 aromatic heterocycles. The molecule has 9 heavy (non-hydrogen) atoms. The predicted octanol–water partition coefficient (Wildman–Crippen LogP) is 0.403. The molecule has 0 spiro atoms. The highest BCUT2D eigenvalue weighted by Crippen LogP contribution is 2.12. The maximum absolute atomic E-state index is 9.82. The van der Waals surface area contributed by atoms with Gasteiger partial charge in [0.25, 0.3) is 0 Å². The normalized spacial score (nSPS) is 15.2. The predicted molar refractivity (Wildman–Crippen MR) is 29.8 cm³/mol. The molecule has 0 N–H and O–H groups in total. The van der Waals surface area contributed by atoms with Gasteiger partial charge in [0, 0.05) is 6.61 Å². The summed E-state index contributed by atoms with van der Waals surface area (Å²) in [5.41, 5.74) is 0. The van der Waals surface area contributed by atoms with Crippen molar-refractivity contribution in [1.82, 2.24) is 0 Å². The molecule has 0 aliphatic carbocycles. The minimum Gasteiger partial charge on any atom is -0.566 e. The van der Waals surface area contributed by atoms with Crippen molar-refractivity contribution in [2.45, 2.75) is 20.1 Å². The van der Waals surface area contributed by atoms with E-state index in [1.54, 1.807) is 6.92 Å². The van der Waals surface area contributed by atoms with Crippen LogP contribution in [0.1, 0.15) is 13.8 Å². The molecule has 0 aliphatic rings. The van der Waals surface area contributed by atoms with Gasteiger partial charge in [0.1, 0.15) is 0 Å². The monoisotopic (exact) mass is 152 g/mol. The number of hydrogen-bond donors (Lipinski definition) is 0. The Kier molecular flexibility index (Phi) is 4.81. The van der Waals surface area contributed by atoms with Crippen molar-refractivity contribution in [1.29, 1.82) is 0 Å². The van der Waals surface area contributed by atoms with E-state index in [4.69, 9.17) is 4.74 Å². The van der Waals surface area contributed by atoms with Crippen molar-refractivity contribution in [2.24, 2.45) is 0 Å². The quantitative estimate of drug-likeness (QED) is 0.432. The topological polar surface area (TPSA) is 58.6 Å². The van der Waals surface area contributed by atoms with E-state index in [2.05, 4.69) is 4.52 Å². The van der Waals surface area contributed by atoms with Gasteiger partial charge in [-0.2, -0.15) is 0 Å². The molecule has 0 aromatic rings. The molecule has 54 valence electrons. The zero-order valence-corrected chi connectivity index (χ0v) is 6.26. The number of ether oxygens (including phenoxy) is 1. The second-order valence-corrected chi connectivity index (χ2v) is 2.01. The molecular formula is C4H9O4P. The molecule has 2 unspecified atom stereocenters. The zero-order valence-electron chi connectivity index (χ0n) is 5.36. The van der Waals surface area contributed by atoms with Crippen LogP contribution in [0.2, 0.25) is 0 Å². The van der Waals surface area contributed by atoms with Gasteiger partial charge in [-0.05, 0) is 18.4 Å². The molecule has 0 aromatic carbocycles. The molecule has 5 heteroatoms. The summed E-state index contributed by atoms with van der Waals surface area (Å²) < 4.78 is 18.8. The standard InChI is InChI=1S/C4H9O4P/c1-3-7-4(2)8-9(5)6/h4H,3H2,1-2H3. The molecule has 0 rings (SSSR count). The summed E-state index contributed by atoms with van der Waals surface area (Å²) in [5.74, 6) is 0. The van der Waals surface area contributed by atoms with E-state index in [1.807, 2.05) is 0 Å². The lowest BCUT2D eigenvalue weighted by atomic mass is 10.7. The van der Waals surface area contributed by atoms with Gasteiger partial charge in [-0.1, -0.05) is 0 Å². The molecule has 0 amide bonds. The Hall–Kier alpha value is -0.0200. The Morgan fingerprint density at radius 2 is 2.33 bits per heavy atom. The molecule has 4 nitrogen and oxygen atoms in total. The van der Waals surface area contributed by atoms with E-state index in [-0.39, 0.29) is 0 Å². The first kappa shape index (κ1) is 8.98. The van der Waals surface area contributed by atoms with Crippen molar-refractivity contribution in [3.63, 3.8) is 0 Å². The Balaban J connectivity index is 3.26. The smallest absolute Gasteiger partial charge is 0.491 e. The van der Waals surface area contributed by atoms with Crippen molar-refractivity contribution in [3.8, 4) is 0 Å². The highest BCUT2D eigenvalue weighted by atomic mass is 31.1. The summed E-state index contributed by atoms with van der Waals surface area (Å²) in [4.78, 5) is 9.82. The summed E-state index contributed by atoms with van der Waals surface area (Å²) in [6, 6.07) is 0. The third kappa shape index (κ3) is 5.86. The Morgan fingerprint density at radius 3 is 2.67 bits per heavy atom. The van der Waals surface area contributed by atoms with Gasteiger partial charge in [-0.15, -0.1) is 4.52 Å². The van der Waals surface area contributed by atoms with Gasteiger partial charge in [-0.3, -0.25) is 0 Å². The molecule has 0 bridgehead atoms. The summed E-state index contributed by atoms with van der Waals surface area (Å²) in [5, 5.41) is 0. The largest absolute Gasteiger partial charge is 0.566 e. The molecule has 0 aliphatic heterocycles. The van der Waals surface area contributed by atoms with Gasteiger partial charge < -0.3 is 9.63 Å². The average molecular weight is 152 g/mol. The van der Waals surface area contributed by atoms with Crippen LogP contribution in [0.3, 0.4) is 0 Å². The fourth-order valence-corrected chi connectivity index (χ4v) is 0.690. The van der Waals surface area contributed by atoms with Crippen LogP contribution in [0.5, 0.6) is 0 Å². The van der Waals surface area contributed by atoms with Gasteiger partial charge in [-0.25, -0.2) is 0 Å². The van der Waals surface area contributed by atoms with Crippen molar-refractivity contribution in [2.75, 3.05) is 6.61 Å². The summed E-state index contributed by atoms with van der Waals surface area (Å²) in [6.45, 7) is 3.73. The third-order valence-corrected chi connectivity index (χ3v) is 1.10. The van der Waals surface area contributed by atoms with Crippen LogP contribution in [-0.2, 0) is 13.8 Å². The van der Waals surface area contributed by atoms with Crippen LogP contribution in [0.15, 0.2) is 0 Å². The summed E-state index contributed by atoms with van der Waals surface area (Å²) in [7, 11) is -2.78. The molecule has 0 fully saturated rings. The highest BCUT2D eigenvalue weighted by molar-refractivity contribution is 7.30. The maximum atomic E-state index is 9.82. The third-order valence-electron chi connectivity index (χ3n) is 0.636. The molecule has 0 saturated heterocycles. The van der Waals surface area contributed by atoms with Crippen LogP contribution in [0.25, 0.3) is 0 Å². The van der Waals surface area contributed by atoms with E-state index >= 15 is 0 Å². The van der Waals surface area contributed by atoms with Crippen LogP contribution < -0.4 is 4.89 Å². The lowest BCUT2D eigenvalue weighted by molar-refractivity contribution is -0.203.